The Hall–Kier alpha value is -2.33. The molecule has 1 heterocycles. The maximum atomic E-state index is 13.5. The van der Waals surface area contributed by atoms with Crippen molar-refractivity contribution in [3.8, 4) is 0 Å². The van der Waals surface area contributed by atoms with E-state index in [0.717, 1.165) is 17.8 Å². The van der Waals surface area contributed by atoms with Crippen molar-refractivity contribution in [2.45, 2.75) is 30.0 Å². The third-order valence-corrected chi connectivity index (χ3v) is 5.56. The molecule has 2 aromatic carbocycles. The van der Waals surface area contributed by atoms with Crippen molar-refractivity contribution in [3.05, 3.63) is 53.8 Å². The molecule has 1 aliphatic rings. The minimum Gasteiger partial charge on any atom is -0.382 e. The molecule has 0 atom stereocenters. The first-order chi connectivity index (χ1) is 13.0. The largest absolute Gasteiger partial charge is 0.418 e. The van der Waals surface area contributed by atoms with Gasteiger partial charge in [0.25, 0.3) is 0 Å². The van der Waals surface area contributed by atoms with Gasteiger partial charge in [-0.05, 0) is 55.3 Å². The van der Waals surface area contributed by atoms with E-state index in [1.165, 1.54) is 12.1 Å². The Bertz CT molecular complexity index is 938. The predicted octanol–water partition coefficient (Wildman–Crippen LogP) is 3.57. The summed E-state index contributed by atoms with van der Waals surface area (Å²) in [6.07, 6.45) is -3.56. The zero-order chi connectivity index (χ0) is 20.5. The van der Waals surface area contributed by atoms with Crippen molar-refractivity contribution in [2.24, 2.45) is 5.14 Å². The number of sulfonamides is 1. The summed E-state index contributed by atoms with van der Waals surface area (Å²) < 4.78 is 76.2. The zero-order valence-electron chi connectivity index (χ0n) is 14.7. The van der Waals surface area contributed by atoms with Crippen LogP contribution in [0.2, 0.25) is 0 Å². The number of alkyl halides is 3. The summed E-state index contributed by atoms with van der Waals surface area (Å²) in [5, 5.41) is 8.20. The van der Waals surface area contributed by atoms with Crippen LogP contribution in [0.15, 0.2) is 47.4 Å². The summed E-state index contributed by atoms with van der Waals surface area (Å²) in [7, 11) is -4.23. The first-order valence-electron chi connectivity index (χ1n) is 8.55. The number of hydrogen-bond donors (Lipinski definition) is 2. The predicted molar refractivity (Wildman–Crippen MR) is 98.1 cm³/mol. The molecule has 0 aromatic heterocycles. The highest BCUT2D eigenvalue weighted by atomic mass is 32.2. The number of piperidine rings is 1. The number of benzene rings is 2. The van der Waals surface area contributed by atoms with Crippen LogP contribution in [0.25, 0.3) is 0 Å². The zero-order valence-corrected chi connectivity index (χ0v) is 15.5. The molecule has 10 heteroatoms. The number of nitrogens with one attached hydrogen (secondary N) is 1. The fourth-order valence-corrected chi connectivity index (χ4v) is 3.78. The molecular weight excluding hydrogens is 398 g/mol. The second-order valence-corrected chi connectivity index (χ2v) is 8.20. The van der Waals surface area contributed by atoms with Gasteiger partial charge in [-0.1, -0.05) is 0 Å². The lowest BCUT2D eigenvalue weighted by atomic mass is 10.0. The van der Waals surface area contributed by atoms with Gasteiger partial charge in [0.05, 0.1) is 10.5 Å². The van der Waals surface area contributed by atoms with Gasteiger partial charge in [-0.25, -0.2) is 17.9 Å². The number of nitrogens with two attached hydrogens (primary N) is 1. The van der Waals surface area contributed by atoms with Crippen LogP contribution in [0.1, 0.15) is 18.4 Å². The highest BCUT2D eigenvalue weighted by Crippen LogP contribution is 2.38. The van der Waals surface area contributed by atoms with Gasteiger partial charge >= 0.3 is 6.18 Å². The van der Waals surface area contributed by atoms with Crippen molar-refractivity contribution in [3.63, 3.8) is 0 Å². The van der Waals surface area contributed by atoms with Gasteiger partial charge in [-0.2, -0.15) is 13.2 Å². The van der Waals surface area contributed by atoms with E-state index >= 15 is 0 Å². The SMILES string of the molecule is NS(=O)(=O)c1ccc(N2CCC(Nc3ccc(F)cc3)CC2)c(C(F)(F)F)c1. The number of hydrogen-bond acceptors (Lipinski definition) is 4. The van der Waals surface area contributed by atoms with E-state index in [0.29, 0.717) is 32.0 Å². The second kappa shape index (κ2) is 7.59. The number of nitrogens with zero attached hydrogens (tertiary/aromatic N) is 1. The highest BCUT2D eigenvalue weighted by molar-refractivity contribution is 7.89. The molecule has 0 spiro atoms. The van der Waals surface area contributed by atoms with Gasteiger partial charge in [0.2, 0.25) is 10.0 Å². The molecule has 0 saturated carbocycles. The van der Waals surface area contributed by atoms with E-state index in [1.807, 2.05) is 0 Å². The van der Waals surface area contributed by atoms with Crippen molar-refractivity contribution in [2.75, 3.05) is 23.3 Å². The maximum absolute atomic E-state index is 13.5. The van der Waals surface area contributed by atoms with Crippen LogP contribution in [0, 0.1) is 5.82 Å². The van der Waals surface area contributed by atoms with Crippen LogP contribution in [-0.2, 0) is 16.2 Å². The number of anilines is 2. The minimum atomic E-state index is -4.71. The molecule has 28 heavy (non-hydrogen) atoms. The van der Waals surface area contributed by atoms with Crippen LogP contribution in [-0.4, -0.2) is 27.5 Å². The molecule has 0 aliphatic carbocycles. The summed E-state index contributed by atoms with van der Waals surface area (Å²) in [5.74, 6) is -0.344. The third kappa shape index (κ3) is 4.74. The van der Waals surface area contributed by atoms with E-state index in [9.17, 15) is 26.0 Å². The van der Waals surface area contributed by atoms with Gasteiger partial charge < -0.3 is 10.2 Å². The van der Waals surface area contributed by atoms with E-state index in [4.69, 9.17) is 5.14 Å². The van der Waals surface area contributed by atoms with E-state index in [-0.39, 0.29) is 17.5 Å². The Morgan fingerprint density at radius 3 is 2.18 bits per heavy atom. The first-order valence-corrected chi connectivity index (χ1v) is 10.1. The van der Waals surface area contributed by atoms with E-state index in [1.54, 1.807) is 17.0 Å². The van der Waals surface area contributed by atoms with Crippen LogP contribution in [0.3, 0.4) is 0 Å². The quantitative estimate of drug-likeness (QED) is 0.746. The molecule has 5 nitrogen and oxygen atoms in total. The number of primary sulfonamides is 1. The lowest BCUT2D eigenvalue weighted by Gasteiger charge is -2.35. The number of halogens is 4. The van der Waals surface area contributed by atoms with Crippen molar-refractivity contribution in [1.29, 1.82) is 0 Å². The Labute approximate surface area is 160 Å². The van der Waals surface area contributed by atoms with Crippen LogP contribution in [0.5, 0.6) is 0 Å². The summed E-state index contributed by atoms with van der Waals surface area (Å²) in [6.45, 7) is 0.716. The lowest BCUT2D eigenvalue weighted by molar-refractivity contribution is -0.137. The molecule has 1 fully saturated rings. The summed E-state index contributed by atoms with van der Waals surface area (Å²) >= 11 is 0. The molecule has 0 bridgehead atoms. The monoisotopic (exact) mass is 417 g/mol. The molecule has 3 rings (SSSR count). The van der Waals surface area contributed by atoms with Gasteiger partial charge in [0.15, 0.2) is 0 Å². The molecular formula is C18H19F4N3O2S. The molecule has 0 radical (unpaired) electrons. The average molecular weight is 417 g/mol. The normalized spacial score (nSPS) is 16.2. The molecule has 3 N–H and O–H groups in total. The van der Waals surface area contributed by atoms with Gasteiger partial charge in [0.1, 0.15) is 5.82 Å². The van der Waals surface area contributed by atoms with Gasteiger partial charge in [-0.15, -0.1) is 0 Å². The average Bonchev–Trinajstić information content (AvgIpc) is 2.62. The van der Waals surface area contributed by atoms with Crippen LogP contribution < -0.4 is 15.4 Å². The second-order valence-electron chi connectivity index (χ2n) is 6.63. The lowest BCUT2D eigenvalue weighted by Crippen LogP contribution is -2.40. The summed E-state index contributed by atoms with van der Waals surface area (Å²) in [4.78, 5) is 1.01. The van der Waals surface area contributed by atoms with Gasteiger partial charge in [0, 0.05) is 30.5 Å². The number of rotatable bonds is 4. The molecule has 0 amide bonds. The maximum Gasteiger partial charge on any atom is 0.418 e. The molecule has 152 valence electrons. The van der Waals surface area contributed by atoms with Crippen molar-refractivity contribution < 1.29 is 26.0 Å². The van der Waals surface area contributed by atoms with Crippen LogP contribution in [0.4, 0.5) is 28.9 Å². The topological polar surface area (TPSA) is 75.4 Å². The third-order valence-electron chi connectivity index (χ3n) is 4.65. The Kier molecular flexibility index (Phi) is 5.53. The molecule has 1 saturated heterocycles. The Balaban J connectivity index is 1.75. The minimum absolute atomic E-state index is 0.0414. The fraction of sp³-hybridized carbons (Fsp3) is 0.333. The summed E-state index contributed by atoms with van der Waals surface area (Å²) in [5.41, 5.74) is -0.350. The van der Waals surface area contributed by atoms with Gasteiger partial charge in [-0.3, -0.25) is 0 Å². The molecule has 0 unspecified atom stereocenters. The fourth-order valence-electron chi connectivity index (χ4n) is 3.24. The van der Waals surface area contributed by atoms with Crippen molar-refractivity contribution in [1.82, 2.24) is 0 Å². The Morgan fingerprint density at radius 2 is 1.64 bits per heavy atom. The van der Waals surface area contributed by atoms with Crippen LogP contribution >= 0.6 is 0 Å². The smallest absolute Gasteiger partial charge is 0.382 e. The van der Waals surface area contributed by atoms with E-state index < -0.39 is 26.7 Å². The first kappa shape index (κ1) is 20.4. The molecule has 1 aliphatic heterocycles. The summed E-state index contributed by atoms with van der Waals surface area (Å²) in [6, 6.07) is 8.73. The van der Waals surface area contributed by atoms with E-state index in [2.05, 4.69) is 5.32 Å². The standard InChI is InChI=1S/C18H19F4N3O2S/c19-12-1-3-13(4-2-12)24-14-7-9-25(10-8-14)17-6-5-15(28(23,26)27)11-16(17)18(20,21)22/h1-6,11,14,24H,7-10H2,(H2,23,26,27). The molecule has 2 aromatic rings. The Morgan fingerprint density at radius 1 is 1.04 bits per heavy atom. The van der Waals surface area contributed by atoms with Crippen molar-refractivity contribution >= 4 is 21.4 Å². The highest BCUT2D eigenvalue weighted by Gasteiger charge is 2.36.